The molecule has 0 aromatic heterocycles. The summed E-state index contributed by atoms with van der Waals surface area (Å²) in [6.45, 7) is 0. The quantitative estimate of drug-likeness (QED) is 0.582. The van der Waals surface area contributed by atoms with Gasteiger partial charge in [0.15, 0.2) is 4.32 Å². The van der Waals surface area contributed by atoms with Crippen LogP contribution in [0.5, 0.6) is 5.75 Å². The number of hydrogen-bond acceptors (Lipinski definition) is 4. The lowest BCUT2D eigenvalue weighted by molar-refractivity contribution is -0.113. The monoisotopic (exact) mass is 361 g/mol. The van der Waals surface area contributed by atoms with Crippen LogP contribution >= 0.6 is 35.6 Å². The Hall–Kier alpha value is -1.82. The van der Waals surface area contributed by atoms with Crippen molar-refractivity contribution in [2.45, 2.75) is 0 Å². The second-order valence-corrected chi connectivity index (χ2v) is 6.89. The van der Waals surface area contributed by atoms with Crippen molar-refractivity contribution in [3.8, 4) is 5.75 Å². The number of hydrogen-bond donors (Lipinski definition) is 0. The zero-order valence-electron chi connectivity index (χ0n) is 12.2. The highest BCUT2D eigenvalue weighted by Crippen LogP contribution is 2.36. The van der Waals surface area contributed by atoms with Crippen molar-refractivity contribution in [3.05, 3.63) is 64.0 Å². The van der Waals surface area contributed by atoms with Crippen LogP contribution in [0.15, 0.2) is 53.4 Å². The van der Waals surface area contributed by atoms with Crippen LogP contribution in [0.1, 0.15) is 5.56 Å². The van der Waals surface area contributed by atoms with Crippen LogP contribution < -0.4 is 9.64 Å². The summed E-state index contributed by atoms with van der Waals surface area (Å²) in [6, 6.07) is 14.6. The number of methoxy groups -OCH3 is 1. The molecule has 2 aromatic carbocycles. The van der Waals surface area contributed by atoms with Crippen molar-refractivity contribution in [1.82, 2.24) is 0 Å². The Labute approximate surface area is 148 Å². The molecule has 1 amide bonds. The van der Waals surface area contributed by atoms with Gasteiger partial charge in [0.05, 0.1) is 17.7 Å². The van der Waals surface area contributed by atoms with Crippen molar-refractivity contribution < 1.29 is 9.53 Å². The maximum atomic E-state index is 12.7. The van der Waals surface area contributed by atoms with E-state index < -0.39 is 0 Å². The molecule has 6 heteroatoms. The smallest absolute Gasteiger partial charge is 0.270 e. The molecule has 0 atom stereocenters. The second-order valence-electron chi connectivity index (χ2n) is 4.77. The van der Waals surface area contributed by atoms with Gasteiger partial charge in [-0.3, -0.25) is 9.69 Å². The van der Waals surface area contributed by atoms with Gasteiger partial charge in [-0.15, -0.1) is 0 Å². The summed E-state index contributed by atoms with van der Waals surface area (Å²) in [5.74, 6) is 0.592. The molecule has 1 aliphatic heterocycles. The molecule has 0 N–H and O–H groups in total. The standard InChI is InChI=1S/C17H12ClNO2S2/c1-21-14-7-2-4-11(8-14)9-15-16(20)19(17(22)23-15)13-6-3-5-12(18)10-13/h2-10H,1H3/b15-9-. The minimum atomic E-state index is -0.148. The van der Waals surface area contributed by atoms with Gasteiger partial charge in [-0.1, -0.05) is 53.8 Å². The Morgan fingerprint density at radius 3 is 2.74 bits per heavy atom. The number of ether oxygens (including phenoxy) is 1. The summed E-state index contributed by atoms with van der Waals surface area (Å²) < 4.78 is 5.69. The van der Waals surface area contributed by atoms with Gasteiger partial charge in [-0.05, 0) is 42.0 Å². The molecular weight excluding hydrogens is 350 g/mol. The average molecular weight is 362 g/mol. The molecule has 1 saturated heterocycles. The predicted octanol–water partition coefficient (Wildman–Crippen LogP) is 4.75. The Morgan fingerprint density at radius 2 is 2.00 bits per heavy atom. The molecule has 0 aliphatic carbocycles. The first-order chi connectivity index (χ1) is 11.1. The van der Waals surface area contributed by atoms with Crippen LogP contribution in [-0.4, -0.2) is 17.3 Å². The molecular formula is C17H12ClNO2S2. The highest BCUT2D eigenvalue weighted by atomic mass is 35.5. The first-order valence-electron chi connectivity index (χ1n) is 6.76. The number of thiocarbonyl (C=S) groups is 1. The molecule has 3 rings (SSSR count). The van der Waals surface area contributed by atoms with Gasteiger partial charge in [-0.2, -0.15) is 0 Å². The number of carbonyl (C=O) groups is 1. The number of carbonyl (C=O) groups excluding carboxylic acids is 1. The molecule has 0 saturated carbocycles. The van der Waals surface area contributed by atoms with Crippen molar-refractivity contribution in [2.24, 2.45) is 0 Å². The number of benzene rings is 2. The van der Waals surface area contributed by atoms with E-state index in [2.05, 4.69) is 0 Å². The average Bonchev–Trinajstić information content (AvgIpc) is 2.81. The zero-order chi connectivity index (χ0) is 16.4. The van der Waals surface area contributed by atoms with Crippen molar-refractivity contribution in [2.75, 3.05) is 12.0 Å². The van der Waals surface area contributed by atoms with Crippen molar-refractivity contribution in [1.29, 1.82) is 0 Å². The third-order valence-electron chi connectivity index (χ3n) is 3.25. The summed E-state index contributed by atoms with van der Waals surface area (Å²) >= 11 is 12.6. The fourth-order valence-corrected chi connectivity index (χ4v) is 3.67. The largest absolute Gasteiger partial charge is 0.497 e. The Bertz CT molecular complexity index is 820. The normalized spacial score (nSPS) is 16.3. The maximum Gasteiger partial charge on any atom is 0.270 e. The van der Waals surface area contributed by atoms with Gasteiger partial charge >= 0.3 is 0 Å². The van der Waals surface area contributed by atoms with Crippen molar-refractivity contribution >= 4 is 57.6 Å². The lowest BCUT2D eigenvalue weighted by Crippen LogP contribution is -2.27. The number of nitrogens with zero attached hydrogens (tertiary/aromatic N) is 1. The fourth-order valence-electron chi connectivity index (χ4n) is 2.19. The third-order valence-corrected chi connectivity index (χ3v) is 4.79. The first-order valence-corrected chi connectivity index (χ1v) is 8.36. The molecule has 23 heavy (non-hydrogen) atoms. The summed E-state index contributed by atoms with van der Waals surface area (Å²) in [6.07, 6.45) is 1.81. The Morgan fingerprint density at radius 1 is 1.22 bits per heavy atom. The van der Waals surface area contributed by atoms with Crippen LogP contribution in [0.2, 0.25) is 5.02 Å². The number of halogens is 1. The molecule has 116 valence electrons. The molecule has 0 bridgehead atoms. The number of rotatable bonds is 3. The number of thioether (sulfide) groups is 1. The van der Waals surface area contributed by atoms with Gasteiger partial charge in [0, 0.05) is 5.02 Å². The predicted molar refractivity (Wildman–Crippen MR) is 100 cm³/mol. The van der Waals surface area contributed by atoms with Crippen molar-refractivity contribution in [3.63, 3.8) is 0 Å². The summed E-state index contributed by atoms with van der Waals surface area (Å²) in [4.78, 5) is 14.7. The molecule has 1 fully saturated rings. The lowest BCUT2D eigenvalue weighted by Gasteiger charge is -2.14. The van der Waals surface area contributed by atoms with E-state index in [1.807, 2.05) is 36.4 Å². The highest BCUT2D eigenvalue weighted by Gasteiger charge is 2.33. The van der Waals surface area contributed by atoms with Gasteiger partial charge in [-0.25, -0.2) is 0 Å². The molecule has 1 heterocycles. The van der Waals surface area contributed by atoms with Gasteiger partial charge < -0.3 is 4.74 Å². The lowest BCUT2D eigenvalue weighted by atomic mass is 10.2. The molecule has 0 radical (unpaired) electrons. The molecule has 3 nitrogen and oxygen atoms in total. The van der Waals surface area contributed by atoms with E-state index in [4.69, 9.17) is 28.6 Å². The van der Waals surface area contributed by atoms with Crippen LogP contribution in [0.3, 0.4) is 0 Å². The molecule has 0 unspecified atom stereocenters. The Balaban J connectivity index is 1.93. The molecule has 0 spiro atoms. The van der Waals surface area contributed by atoms with Crippen LogP contribution in [0.4, 0.5) is 5.69 Å². The maximum absolute atomic E-state index is 12.7. The Kier molecular flexibility index (Phi) is 4.71. The fraction of sp³-hybridized carbons (Fsp3) is 0.0588. The summed E-state index contributed by atoms with van der Waals surface area (Å²) in [5, 5.41) is 0.563. The number of anilines is 1. The topological polar surface area (TPSA) is 29.5 Å². The summed E-state index contributed by atoms with van der Waals surface area (Å²) in [7, 11) is 1.61. The van der Waals surface area contributed by atoms with Gasteiger partial charge in [0.2, 0.25) is 0 Å². The third kappa shape index (κ3) is 3.42. The van der Waals surface area contributed by atoms with Gasteiger partial charge in [0.25, 0.3) is 5.91 Å². The van der Waals surface area contributed by atoms with E-state index in [0.29, 0.717) is 19.9 Å². The van der Waals surface area contributed by atoms with E-state index in [0.717, 1.165) is 11.3 Å². The molecule has 2 aromatic rings. The van der Waals surface area contributed by atoms with E-state index >= 15 is 0 Å². The van der Waals surface area contributed by atoms with E-state index in [1.54, 1.807) is 25.3 Å². The van der Waals surface area contributed by atoms with E-state index in [9.17, 15) is 4.79 Å². The second kappa shape index (κ2) is 6.74. The van der Waals surface area contributed by atoms with Crippen LogP contribution in [0, 0.1) is 0 Å². The SMILES string of the molecule is COc1cccc(/C=C2\SC(=S)N(c3cccc(Cl)c3)C2=O)c1. The van der Waals surface area contributed by atoms with Crippen LogP contribution in [-0.2, 0) is 4.79 Å². The minimum absolute atomic E-state index is 0.148. The highest BCUT2D eigenvalue weighted by molar-refractivity contribution is 8.27. The van der Waals surface area contributed by atoms with E-state index in [1.165, 1.54) is 16.7 Å². The zero-order valence-corrected chi connectivity index (χ0v) is 14.5. The number of amides is 1. The van der Waals surface area contributed by atoms with Gasteiger partial charge in [0.1, 0.15) is 5.75 Å². The first kappa shape index (κ1) is 16.1. The molecule has 1 aliphatic rings. The van der Waals surface area contributed by atoms with Crippen LogP contribution in [0.25, 0.3) is 6.08 Å². The van der Waals surface area contributed by atoms with E-state index in [-0.39, 0.29) is 5.91 Å². The summed E-state index contributed by atoms with van der Waals surface area (Å²) in [5.41, 5.74) is 1.56. The minimum Gasteiger partial charge on any atom is -0.497 e.